The van der Waals surface area contributed by atoms with Gasteiger partial charge in [0.1, 0.15) is 11.5 Å². The van der Waals surface area contributed by atoms with Gasteiger partial charge >= 0.3 is 0 Å². The minimum absolute atomic E-state index is 0.633. The van der Waals surface area contributed by atoms with E-state index < -0.39 is 0 Å². The largest absolute Gasteiger partial charge is 0.457 e. The molecule has 3 heteroatoms. The summed E-state index contributed by atoms with van der Waals surface area (Å²) in [4.78, 5) is 4.18. The maximum absolute atomic E-state index is 5.94. The van der Waals surface area contributed by atoms with E-state index in [-0.39, 0.29) is 0 Å². The highest BCUT2D eigenvalue weighted by molar-refractivity contribution is 5.36. The lowest BCUT2D eigenvalue weighted by molar-refractivity contribution is 0.468. The van der Waals surface area contributed by atoms with Crippen molar-refractivity contribution in [2.75, 3.05) is 6.54 Å². The van der Waals surface area contributed by atoms with Crippen LogP contribution in [0.15, 0.2) is 42.7 Å². The van der Waals surface area contributed by atoms with E-state index in [0.717, 1.165) is 30.2 Å². The second kappa shape index (κ2) is 7.06. The van der Waals surface area contributed by atoms with Crippen LogP contribution >= 0.6 is 0 Å². The highest BCUT2D eigenvalue weighted by atomic mass is 16.5. The van der Waals surface area contributed by atoms with Crippen LogP contribution in [0.3, 0.4) is 0 Å². The highest BCUT2D eigenvalue weighted by Gasteiger charge is 2.05. The molecule has 0 radical (unpaired) electrons. The first-order chi connectivity index (χ1) is 9.65. The predicted octanol–water partition coefficient (Wildman–Crippen LogP) is 3.93. The van der Waals surface area contributed by atoms with Gasteiger partial charge in [-0.25, -0.2) is 0 Å². The minimum Gasteiger partial charge on any atom is -0.457 e. The van der Waals surface area contributed by atoms with Gasteiger partial charge in [0.25, 0.3) is 0 Å². The Balaban J connectivity index is 2.05. The minimum atomic E-state index is 0.633. The number of rotatable bonds is 6. The Hall–Kier alpha value is -1.87. The molecule has 2 aromatic rings. The first-order valence-corrected chi connectivity index (χ1v) is 7.03. The molecule has 1 aromatic heterocycles. The summed E-state index contributed by atoms with van der Waals surface area (Å²) < 4.78 is 5.94. The summed E-state index contributed by atoms with van der Waals surface area (Å²) in [7, 11) is 0. The number of ether oxygens (including phenoxy) is 1. The molecule has 0 atom stereocenters. The van der Waals surface area contributed by atoms with Crippen molar-refractivity contribution in [1.29, 1.82) is 0 Å². The van der Waals surface area contributed by atoms with Crippen molar-refractivity contribution in [3.05, 3.63) is 53.9 Å². The summed E-state index contributed by atoms with van der Waals surface area (Å²) in [5.41, 5.74) is 2.31. The topological polar surface area (TPSA) is 34.1 Å². The first kappa shape index (κ1) is 14.5. The van der Waals surface area contributed by atoms with Crippen LogP contribution in [0.1, 0.15) is 25.0 Å². The van der Waals surface area contributed by atoms with E-state index in [1.807, 2.05) is 36.5 Å². The quantitative estimate of drug-likeness (QED) is 0.863. The molecular weight excluding hydrogens is 248 g/mol. The molecule has 0 unspecified atom stereocenters. The van der Waals surface area contributed by atoms with Gasteiger partial charge in [0, 0.05) is 24.5 Å². The van der Waals surface area contributed by atoms with Crippen molar-refractivity contribution < 1.29 is 4.74 Å². The molecule has 106 valence electrons. The van der Waals surface area contributed by atoms with Crippen LogP contribution in [0.2, 0.25) is 0 Å². The zero-order chi connectivity index (χ0) is 14.4. The lowest BCUT2D eigenvalue weighted by Crippen LogP contribution is -2.19. The smallest absolute Gasteiger partial charge is 0.134 e. The monoisotopic (exact) mass is 270 g/mol. The molecule has 0 aliphatic rings. The molecule has 20 heavy (non-hydrogen) atoms. The number of aryl methyl sites for hydroxylation is 1. The Bertz CT molecular complexity index is 535. The predicted molar refractivity (Wildman–Crippen MR) is 82.0 cm³/mol. The average molecular weight is 270 g/mol. The molecule has 0 saturated carbocycles. The molecule has 0 aliphatic carbocycles. The zero-order valence-electron chi connectivity index (χ0n) is 12.4. The van der Waals surface area contributed by atoms with Crippen molar-refractivity contribution in [2.24, 2.45) is 5.92 Å². The van der Waals surface area contributed by atoms with Crippen molar-refractivity contribution in [3.63, 3.8) is 0 Å². The molecule has 0 bridgehead atoms. The van der Waals surface area contributed by atoms with Gasteiger partial charge in [-0.2, -0.15) is 0 Å². The van der Waals surface area contributed by atoms with Crippen LogP contribution in [0.5, 0.6) is 11.5 Å². The molecule has 0 aliphatic heterocycles. The third-order valence-corrected chi connectivity index (χ3v) is 2.98. The van der Waals surface area contributed by atoms with Crippen molar-refractivity contribution >= 4 is 0 Å². The van der Waals surface area contributed by atoms with Crippen LogP contribution < -0.4 is 10.1 Å². The Morgan fingerprint density at radius 3 is 2.60 bits per heavy atom. The van der Waals surface area contributed by atoms with E-state index in [9.17, 15) is 0 Å². The Morgan fingerprint density at radius 1 is 1.15 bits per heavy atom. The Labute approximate surface area is 121 Å². The normalized spacial score (nSPS) is 10.8. The van der Waals surface area contributed by atoms with E-state index in [2.05, 4.69) is 31.1 Å². The fourth-order valence-corrected chi connectivity index (χ4v) is 1.88. The SMILES string of the molecule is Cc1ccc(Oc2ccncc2CNCC(C)C)cc1. The molecular formula is C17H22N2O. The molecule has 0 fully saturated rings. The van der Waals surface area contributed by atoms with Crippen molar-refractivity contribution in [3.8, 4) is 11.5 Å². The molecule has 1 heterocycles. The van der Waals surface area contributed by atoms with E-state index in [1.165, 1.54) is 5.56 Å². The molecule has 0 amide bonds. The summed E-state index contributed by atoms with van der Waals surface area (Å²) in [5, 5.41) is 3.42. The van der Waals surface area contributed by atoms with Gasteiger partial charge in [0.15, 0.2) is 0 Å². The number of hydrogen-bond acceptors (Lipinski definition) is 3. The van der Waals surface area contributed by atoms with Crippen molar-refractivity contribution in [2.45, 2.75) is 27.3 Å². The van der Waals surface area contributed by atoms with E-state index >= 15 is 0 Å². The second-order valence-electron chi connectivity index (χ2n) is 5.42. The van der Waals surface area contributed by atoms with Gasteiger partial charge in [0.05, 0.1) is 0 Å². The number of pyridine rings is 1. The van der Waals surface area contributed by atoms with Crippen LogP contribution in [0.25, 0.3) is 0 Å². The van der Waals surface area contributed by atoms with Gasteiger partial charge < -0.3 is 10.1 Å². The van der Waals surface area contributed by atoms with Gasteiger partial charge in [-0.15, -0.1) is 0 Å². The molecule has 1 N–H and O–H groups in total. The number of nitrogens with zero attached hydrogens (tertiary/aromatic N) is 1. The van der Waals surface area contributed by atoms with Crippen LogP contribution in [-0.4, -0.2) is 11.5 Å². The number of aromatic nitrogens is 1. The molecule has 3 nitrogen and oxygen atoms in total. The standard InChI is InChI=1S/C17H22N2O/c1-13(2)10-19-12-15-11-18-9-8-17(15)20-16-6-4-14(3)5-7-16/h4-9,11,13,19H,10,12H2,1-3H3. The fraction of sp³-hybridized carbons (Fsp3) is 0.353. The Kier molecular flexibility index (Phi) is 5.13. The van der Waals surface area contributed by atoms with E-state index in [0.29, 0.717) is 5.92 Å². The summed E-state index contributed by atoms with van der Waals surface area (Å²) in [5.74, 6) is 2.35. The van der Waals surface area contributed by atoms with Gasteiger partial charge in [-0.1, -0.05) is 31.5 Å². The van der Waals surface area contributed by atoms with Crippen LogP contribution in [0.4, 0.5) is 0 Å². The maximum atomic E-state index is 5.94. The zero-order valence-corrected chi connectivity index (χ0v) is 12.4. The van der Waals surface area contributed by atoms with E-state index in [1.54, 1.807) is 6.20 Å². The second-order valence-corrected chi connectivity index (χ2v) is 5.42. The van der Waals surface area contributed by atoms with Crippen LogP contribution in [-0.2, 0) is 6.54 Å². The average Bonchev–Trinajstić information content (AvgIpc) is 2.43. The number of nitrogens with one attached hydrogen (secondary N) is 1. The molecule has 0 spiro atoms. The van der Waals surface area contributed by atoms with Crippen molar-refractivity contribution in [1.82, 2.24) is 10.3 Å². The lowest BCUT2D eigenvalue weighted by Gasteiger charge is -2.12. The van der Waals surface area contributed by atoms with E-state index in [4.69, 9.17) is 4.74 Å². The summed E-state index contributed by atoms with van der Waals surface area (Å²) in [6, 6.07) is 9.98. The summed E-state index contributed by atoms with van der Waals surface area (Å²) in [6.07, 6.45) is 3.62. The number of hydrogen-bond donors (Lipinski definition) is 1. The first-order valence-electron chi connectivity index (χ1n) is 7.03. The molecule has 1 aromatic carbocycles. The van der Waals surface area contributed by atoms with Gasteiger partial charge in [-0.3, -0.25) is 4.98 Å². The molecule has 2 rings (SSSR count). The van der Waals surface area contributed by atoms with Crippen LogP contribution in [0, 0.1) is 12.8 Å². The highest BCUT2D eigenvalue weighted by Crippen LogP contribution is 2.24. The third kappa shape index (κ3) is 4.35. The summed E-state index contributed by atoms with van der Waals surface area (Å²) >= 11 is 0. The third-order valence-electron chi connectivity index (χ3n) is 2.98. The number of benzene rings is 1. The summed E-state index contributed by atoms with van der Waals surface area (Å²) in [6.45, 7) is 8.21. The Morgan fingerprint density at radius 2 is 1.90 bits per heavy atom. The van der Waals surface area contributed by atoms with Gasteiger partial charge in [0.2, 0.25) is 0 Å². The fourth-order valence-electron chi connectivity index (χ4n) is 1.88. The van der Waals surface area contributed by atoms with Gasteiger partial charge in [-0.05, 0) is 37.6 Å². The maximum Gasteiger partial charge on any atom is 0.134 e. The lowest BCUT2D eigenvalue weighted by atomic mass is 10.2. The molecule has 0 saturated heterocycles.